The van der Waals surface area contributed by atoms with Gasteiger partial charge in [-0.1, -0.05) is 43.9 Å². The predicted octanol–water partition coefficient (Wildman–Crippen LogP) is 7.09. The van der Waals surface area contributed by atoms with Gasteiger partial charge in [0.25, 0.3) is 0 Å². The molecule has 0 radical (unpaired) electrons. The number of nitrogens with one attached hydrogen (secondary N) is 2. The zero-order chi connectivity index (χ0) is 27.4. The van der Waals surface area contributed by atoms with E-state index in [0.29, 0.717) is 31.6 Å². The molecular weight excluding hydrogens is 523 g/mol. The molecule has 2 aromatic rings. The molecule has 1 saturated carbocycles. The number of unbranched alkanes of at least 4 members (excludes halogenated alkanes) is 1. The number of halogens is 4. The summed E-state index contributed by atoms with van der Waals surface area (Å²) in [6, 6.07) is 11.5. The minimum Gasteiger partial charge on any atom is -0.404 e. The maximum absolute atomic E-state index is 13.5. The van der Waals surface area contributed by atoms with Gasteiger partial charge in [0.2, 0.25) is 0 Å². The van der Waals surface area contributed by atoms with Gasteiger partial charge >= 0.3 is 14.6 Å². The first-order chi connectivity index (χ1) is 18.2. The molecule has 3 rings (SSSR count). The number of alkyl halides is 3. The minimum absolute atomic E-state index is 0.0352. The molecule has 0 aromatic heterocycles. The summed E-state index contributed by atoms with van der Waals surface area (Å²) in [6.07, 6.45) is 3.95. The highest BCUT2D eigenvalue weighted by molar-refractivity contribution is 7.32. The lowest BCUT2D eigenvalue weighted by atomic mass is 9.67. The van der Waals surface area contributed by atoms with Crippen LogP contribution < -0.4 is 15.4 Å². The van der Waals surface area contributed by atoms with Crippen molar-refractivity contribution in [3.05, 3.63) is 59.4 Å². The Morgan fingerprint density at radius 2 is 1.71 bits per heavy atom. The van der Waals surface area contributed by atoms with E-state index >= 15 is 0 Å². The van der Waals surface area contributed by atoms with Crippen molar-refractivity contribution in [2.45, 2.75) is 76.1 Å². The van der Waals surface area contributed by atoms with Gasteiger partial charge in [0, 0.05) is 13.1 Å². The summed E-state index contributed by atoms with van der Waals surface area (Å²) in [7, 11) is -2.96. The monoisotopic (exact) mass is 560 g/mol. The molecule has 0 spiro atoms. The van der Waals surface area contributed by atoms with E-state index in [2.05, 4.69) is 19.9 Å². The molecule has 38 heavy (non-hydrogen) atoms. The van der Waals surface area contributed by atoms with Crippen molar-refractivity contribution in [3.8, 4) is 5.75 Å². The van der Waals surface area contributed by atoms with Gasteiger partial charge in [0.05, 0.1) is 12.3 Å². The van der Waals surface area contributed by atoms with E-state index in [4.69, 9.17) is 4.89 Å². The minimum atomic E-state index is -4.82. The summed E-state index contributed by atoms with van der Waals surface area (Å²) in [6.45, 7) is 1.41. The summed E-state index contributed by atoms with van der Waals surface area (Å²) >= 11 is 0. The van der Waals surface area contributed by atoms with Gasteiger partial charge in [-0.25, -0.2) is 4.39 Å². The van der Waals surface area contributed by atoms with Crippen LogP contribution in [0.1, 0.15) is 68.9 Å². The molecule has 1 aliphatic carbocycles. The summed E-state index contributed by atoms with van der Waals surface area (Å²) in [5.74, 6) is -0.524. The van der Waals surface area contributed by atoms with Crippen LogP contribution in [0.2, 0.25) is 0 Å². The molecule has 2 aromatic carbocycles. The molecule has 3 N–H and O–H groups in total. The number of ether oxygens (including phenoxy) is 1. The Bertz CT molecular complexity index is 1020. The van der Waals surface area contributed by atoms with Crippen molar-refractivity contribution in [2.75, 3.05) is 25.0 Å². The molecule has 212 valence electrons. The molecule has 1 fully saturated rings. The topological polar surface area (TPSA) is 79.8 Å². The molecule has 6 nitrogen and oxygen atoms in total. The maximum Gasteiger partial charge on any atom is 0.573 e. The Morgan fingerprint density at radius 3 is 2.39 bits per heavy atom. The van der Waals surface area contributed by atoms with Crippen molar-refractivity contribution >= 4 is 13.9 Å². The fraction of sp³-hybridized carbons (Fsp3) is 0.556. The molecule has 0 amide bonds. The van der Waals surface area contributed by atoms with Crippen LogP contribution in [-0.2, 0) is 21.0 Å². The number of rotatable bonds is 15. The third-order valence-electron chi connectivity index (χ3n) is 6.99. The summed E-state index contributed by atoms with van der Waals surface area (Å²) in [5.41, 5.74) is 2.10. The van der Waals surface area contributed by atoms with Crippen LogP contribution in [0, 0.1) is 5.82 Å². The van der Waals surface area contributed by atoms with Crippen molar-refractivity contribution in [3.63, 3.8) is 0 Å². The molecule has 1 aliphatic rings. The SMILES string of the molecule is O=[PH](O)OCCCNCc1ccc(NCCCCC2(c3ccc(F)cc3)CCCCC2)c(OC(F)(F)F)c1. The average molecular weight is 561 g/mol. The van der Waals surface area contributed by atoms with Crippen molar-refractivity contribution < 1.29 is 36.3 Å². The lowest BCUT2D eigenvalue weighted by Crippen LogP contribution is -2.29. The van der Waals surface area contributed by atoms with Gasteiger partial charge < -0.3 is 24.8 Å². The van der Waals surface area contributed by atoms with Crippen molar-refractivity contribution in [1.82, 2.24) is 5.32 Å². The Hall–Kier alpha value is -2.13. The number of benzene rings is 2. The Balaban J connectivity index is 1.52. The van der Waals surface area contributed by atoms with E-state index < -0.39 is 14.6 Å². The highest BCUT2D eigenvalue weighted by atomic mass is 31.1. The first kappa shape index (κ1) is 30.4. The first-order valence-corrected chi connectivity index (χ1v) is 14.4. The smallest absolute Gasteiger partial charge is 0.404 e. The molecule has 1 unspecified atom stereocenters. The second kappa shape index (κ2) is 14.9. The van der Waals surface area contributed by atoms with E-state index in [-0.39, 0.29) is 29.3 Å². The molecule has 0 saturated heterocycles. The van der Waals surface area contributed by atoms with Crippen LogP contribution >= 0.6 is 8.25 Å². The third-order valence-corrected chi connectivity index (χ3v) is 7.44. The van der Waals surface area contributed by atoms with Crippen molar-refractivity contribution in [1.29, 1.82) is 0 Å². The van der Waals surface area contributed by atoms with Gasteiger partial charge in [-0.05, 0) is 79.5 Å². The van der Waals surface area contributed by atoms with Gasteiger partial charge in [0.15, 0.2) is 5.75 Å². The fourth-order valence-electron chi connectivity index (χ4n) is 5.15. The molecule has 0 aliphatic heterocycles. The highest BCUT2D eigenvalue weighted by Crippen LogP contribution is 2.43. The second-order valence-electron chi connectivity index (χ2n) is 9.75. The quantitative estimate of drug-likeness (QED) is 0.123. The van der Waals surface area contributed by atoms with Crippen LogP contribution in [-0.4, -0.2) is 31.0 Å². The maximum atomic E-state index is 13.5. The predicted molar refractivity (Wildman–Crippen MR) is 140 cm³/mol. The van der Waals surface area contributed by atoms with Crippen LogP contribution in [0.5, 0.6) is 5.75 Å². The van der Waals surface area contributed by atoms with Crippen LogP contribution in [0.15, 0.2) is 42.5 Å². The van der Waals surface area contributed by atoms with E-state index in [0.717, 1.165) is 44.9 Å². The number of anilines is 1. The Morgan fingerprint density at radius 1 is 0.974 bits per heavy atom. The summed E-state index contributed by atoms with van der Waals surface area (Å²) in [4.78, 5) is 8.63. The second-order valence-corrected chi connectivity index (χ2v) is 10.6. The summed E-state index contributed by atoms with van der Waals surface area (Å²) in [5, 5.41) is 6.16. The van der Waals surface area contributed by atoms with Gasteiger partial charge in [-0.2, -0.15) is 0 Å². The van der Waals surface area contributed by atoms with Gasteiger partial charge in [-0.3, -0.25) is 4.57 Å². The third kappa shape index (κ3) is 10.2. The zero-order valence-corrected chi connectivity index (χ0v) is 22.4. The van der Waals surface area contributed by atoms with Crippen LogP contribution in [0.4, 0.5) is 23.2 Å². The normalized spacial score (nSPS) is 16.2. The van der Waals surface area contributed by atoms with Gasteiger partial charge in [-0.15, -0.1) is 13.2 Å². The van der Waals surface area contributed by atoms with Gasteiger partial charge in [0.1, 0.15) is 5.82 Å². The molecule has 1 atom stereocenters. The lowest BCUT2D eigenvalue weighted by molar-refractivity contribution is -0.274. The number of hydrogen-bond donors (Lipinski definition) is 3. The Labute approximate surface area is 222 Å². The van der Waals surface area contributed by atoms with E-state index in [1.165, 1.54) is 30.2 Å². The molecule has 0 bridgehead atoms. The van der Waals surface area contributed by atoms with E-state index in [1.807, 2.05) is 12.1 Å². The molecule has 11 heteroatoms. The van der Waals surface area contributed by atoms with Crippen LogP contribution in [0.3, 0.4) is 0 Å². The molecule has 0 heterocycles. The molecular formula is C27H37F4N2O4P. The fourth-order valence-corrected chi connectivity index (χ4v) is 5.47. The highest BCUT2D eigenvalue weighted by Gasteiger charge is 2.34. The lowest BCUT2D eigenvalue weighted by Gasteiger charge is -2.38. The van der Waals surface area contributed by atoms with E-state index in [9.17, 15) is 22.1 Å². The zero-order valence-electron chi connectivity index (χ0n) is 21.4. The summed E-state index contributed by atoms with van der Waals surface area (Å²) < 4.78 is 72.0. The standard InChI is InChI=1S/C27H37F4N2O4P/c28-23-10-8-22(9-11-23)26(13-2-1-3-14-26)15-4-5-17-33-24-12-7-21(19-25(24)37-27(29,30)31)20-32-16-6-18-36-38(34)35/h7-12,19,32-33,38H,1-6,13-18,20H2,(H,34,35). The van der Waals surface area contributed by atoms with E-state index in [1.54, 1.807) is 12.1 Å². The Kier molecular flexibility index (Phi) is 11.9. The van der Waals surface area contributed by atoms with Crippen LogP contribution in [0.25, 0.3) is 0 Å². The number of hydrogen-bond acceptors (Lipinski definition) is 5. The average Bonchev–Trinajstić information content (AvgIpc) is 2.87. The first-order valence-electron chi connectivity index (χ1n) is 13.1. The largest absolute Gasteiger partial charge is 0.573 e. The van der Waals surface area contributed by atoms with Crippen molar-refractivity contribution in [2.24, 2.45) is 0 Å².